The number of anilines is 1. The molecule has 3 aromatic carbocycles. The van der Waals surface area contributed by atoms with Gasteiger partial charge in [0.1, 0.15) is 5.75 Å². The summed E-state index contributed by atoms with van der Waals surface area (Å²) in [5.41, 5.74) is 3.65. The lowest BCUT2D eigenvalue weighted by Gasteiger charge is -2.18. The molecule has 0 fully saturated rings. The van der Waals surface area contributed by atoms with Crippen molar-refractivity contribution in [2.45, 2.75) is 12.5 Å². The Morgan fingerprint density at radius 3 is 2.32 bits per heavy atom. The molecule has 0 aliphatic carbocycles. The molecule has 0 radical (unpaired) electrons. The van der Waals surface area contributed by atoms with Crippen LogP contribution in [0.2, 0.25) is 0 Å². The van der Waals surface area contributed by atoms with Gasteiger partial charge in [-0.2, -0.15) is 0 Å². The summed E-state index contributed by atoms with van der Waals surface area (Å²) in [6.45, 7) is -0.181. The van der Waals surface area contributed by atoms with Crippen LogP contribution in [0, 0.1) is 0 Å². The average Bonchev–Trinajstić information content (AvgIpc) is 2.73. The Morgan fingerprint density at radius 2 is 1.68 bits per heavy atom. The Hall–Kier alpha value is -3.31. The summed E-state index contributed by atoms with van der Waals surface area (Å²) in [7, 11) is 1.63. The minimum Gasteiger partial charge on any atom is -0.496 e. The molecule has 2 amide bonds. The highest BCUT2D eigenvalue weighted by Gasteiger charge is 2.14. The first-order chi connectivity index (χ1) is 13.7. The molecular formula is C23H24N2O3. The monoisotopic (exact) mass is 376 g/mol. The van der Waals surface area contributed by atoms with Gasteiger partial charge >= 0.3 is 6.03 Å². The normalized spacial score (nSPS) is 11.5. The molecule has 3 aromatic rings. The second-order valence-electron chi connectivity index (χ2n) is 6.43. The van der Waals surface area contributed by atoms with E-state index in [4.69, 9.17) is 4.74 Å². The topological polar surface area (TPSA) is 70.6 Å². The molecule has 3 rings (SSSR count). The number of rotatable bonds is 7. The van der Waals surface area contributed by atoms with E-state index in [0.717, 1.165) is 22.4 Å². The molecule has 0 spiro atoms. The van der Waals surface area contributed by atoms with E-state index in [1.54, 1.807) is 13.2 Å². The van der Waals surface area contributed by atoms with Gasteiger partial charge in [0.25, 0.3) is 0 Å². The lowest BCUT2D eigenvalue weighted by Crippen LogP contribution is -2.34. The first-order valence-electron chi connectivity index (χ1n) is 9.13. The predicted molar refractivity (Wildman–Crippen MR) is 111 cm³/mol. The lowest BCUT2D eigenvalue weighted by molar-refractivity contribution is 0.225. The van der Waals surface area contributed by atoms with E-state index < -0.39 is 6.04 Å². The first-order valence-corrected chi connectivity index (χ1v) is 9.13. The number of carbonyl (C=O) groups excluding carboxylic acids is 1. The number of ether oxygens (including phenoxy) is 1. The van der Waals surface area contributed by atoms with Crippen molar-refractivity contribution < 1.29 is 14.6 Å². The van der Waals surface area contributed by atoms with E-state index in [2.05, 4.69) is 22.8 Å². The van der Waals surface area contributed by atoms with Crippen LogP contribution in [0.4, 0.5) is 10.5 Å². The van der Waals surface area contributed by atoms with Crippen molar-refractivity contribution in [2.75, 3.05) is 19.0 Å². The molecule has 28 heavy (non-hydrogen) atoms. The quantitative estimate of drug-likeness (QED) is 0.580. The highest BCUT2D eigenvalue weighted by atomic mass is 16.5. The summed E-state index contributed by atoms with van der Waals surface area (Å²) < 4.78 is 5.46. The van der Waals surface area contributed by atoms with Crippen molar-refractivity contribution in [2.24, 2.45) is 0 Å². The smallest absolute Gasteiger partial charge is 0.319 e. The number of amides is 2. The number of aliphatic hydroxyl groups excluding tert-OH is 1. The maximum absolute atomic E-state index is 12.4. The zero-order chi connectivity index (χ0) is 19.8. The van der Waals surface area contributed by atoms with Crippen LogP contribution in [-0.2, 0) is 6.42 Å². The fourth-order valence-electron chi connectivity index (χ4n) is 3.06. The van der Waals surface area contributed by atoms with Gasteiger partial charge in [-0.05, 0) is 29.3 Å². The van der Waals surface area contributed by atoms with E-state index >= 15 is 0 Å². The number of urea groups is 1. The van der Waals surface area contributed by atoms with Gasteiger partial charge in [-0.25, -0.2) is 4.79 Å². The zero-order valence-electron chi connectivity index (χ0n) is 15.8. The molecule has 0 bridgehead atoms. The van der Waals surface area contributed by atoms with Crippen molar-refractivity contribution in [1.29, 1.82) is 0 Å². The molecule has 0 saturated carbocycles. The summed E-state index contributed by atoms with van der Waals surface area (Å²) in [5.74, 6) is 0.771. The molecule has 1 unspecified atom stereocenters. The lowest BCUT2D eigenvalue weighted by atomic mass is 10.0. The van der Waals surface area contributed by atoms with Gasteiger partial charge in [-0.15, -0.1) is 0 Å². The van der Waals surface area contributed by atoms with E-state index in [9.17, 15) is 9.90 Å². The fourth-order valence-corrected chi connectivity index (χ4v) is 3.06. The van der Waals surface area contributed by atoms with Crippen molar-refractivity contribution in [1.82, 2.24) is 5.32 Å². The summed E-state index contributed by atoms with van der Waals surface area (Å²) in [5, 5.41) is 15.2. The van der Waals surface area contributed by atoms with Crippen LogP contribution < -0.4 is 15.4 Å². The van der Waals surface area contributed by atoms with E-state index in [0.29, 0.717) is 12.1 Å². The fraction of sp³-hybridized carbons (Fsp3) is 0.174. The highest BCUT2D eigenvalue weighted by Crippen LogP contribution is 2.25. The predicted octanol–water partition coefficient (Wildman–Crippen LogP) is 4.14. The van der Waals surface area contributed by atoms with Gasteiger partial charge < -0.3 is 20.5 Å². The number of hydrogen-bond donors (Lipinski definition) is 3. The van der Waals surface area contributed by atoms with E-state index in [1.807, 2.05) is 60.7 Å². The third-order valence-electron chi connectivity index (χ3n) is 4.47. The van der Waals surface area contributed by atoms with Crippen LogP contribution >= 0.6 is 0 Å². The summed E-state index contributed by atoms with van der Waals surface area (Å²) >= 11 is 0. The SMILES string of the molecule is COc1ccc(NC(=O)NC(CO)c2ccccc2)cc1Cc1ccccc1. The molecule has 0 aliphatic heterocycles. The molecule has 0 saturated heterocycles. The van der Waals surface area contributed by atoms with Crippen LogP contribution in [-0.4, -0.2) is 24.9 Å². The van der Waals surface area contributed by atoms with Crippen LogP contribution in [0.5, 0.6) is 5.75 Å². The van der Waals surface area contributed by atoms with Crippen molar-refractivity contribution in [3.8, 4) is 5.75 Å². The van der Waals surface area contributed by atoms with Crippen molar-refractivity contribution in [3.63, 3.8) is 0 Å². The third kappa shape index (κ3) is 5.11. The molecule has 144 valence electrons. The molecule has 0 aliphatic rings. The third-order valence-corrected chi connectivity index (χ3v) is 4.47. The molecule has 3 N–H and O–H groups in total. The number of methoxy groups -OCH3 is 1. The van der Waals surface area contributed by atoms with Gasteiger partial charge in [0, 0.05) is 17.7 Å². The number of aliphatic hydroxyl groups is 1. The minimum atomic E-state index is -0.469. The van der Waals surface area contributed by atoms with Gasteiger partial charge in [0.2, 0.25) is 0 Å². The molecule has 0 heterocycles. The molecule has 5 nitrogen and oxygen atoms in total. The second kappa shape index (κ2) is 9.58. The number of nitrogens with one attached hydrogen (secondary N) is 2. The zero-order valence-corrected chi connectivity index (χ0v) is 15.8. The van der Waals surface area contributed by atoms with Gasteiger partial charge in [0.05, 0.1) is 19.8 Å². The summed E-state index contributed by atoms with van der Waals surface area (Å²) in [6.07, 6.45) is 0.699. The highest BCUT2D eigenvalue weighted by molar-refractivity contribution is 5.89. The van der Waals surface area contributed by atoms with Crippen molar-refractivity contribution in [3.05, 3.63) is 95.6 Å². The molecule has 1 atom stereocenters. The van der Waals surface area contributed by atoms with Crippen LogP contribution in [0.25, 0.3) is 0 Å². The maximum atomic E-state index is 12.4. The number of hydrogen-bond acceptors (Lipinski definition) is 3. The summed E-state index contributed by atoms with van der Waals surface area (Å²) in [4.78, 5) is 12.4. The van der Waals surface area contributed by atoms with Gasteiger partial charge in [0.15, 0.2) is 0 Å². The standard InChI is InChI=1S/C23H24N2O3/c1-28-22-13-12-20(15-19(22)14-17-8-4-2-5-9-17)24-23(27)25-21(16-26)18-10-6-3-7-11-18/h2-13,15,21,26H,14,16H2,1H3,(H2,24,25,27). The molecule has 0 aromatic heterocycles. The van der Waals surface area contributed by atoms with Gasteiger partial charge in [-0.3, -0.25) is 0 Å². The number of carbonyl (C=O) groups is 1. The Bertz CT molecular complexity index is 898. The first kappa shape index (κ1) is 19.5. The molecule has 5 heteroatoms. The largest absolute Gasteiger partial charge is 0.496 e. The van der Waals surface area contributed by atoms with Gasteiger partial charge in [-0.1, -0.05) is 60.7 Å². The van der Waals surface area contributed by atoms with Crippen LogP contribution in [0.15, 0.2) is 78.9 Å². The molecular weight excluding hydrogens is 352 g/mol. The Balaban J connectivity index is 1.71. The number of benzene rings is 3. The maximum Gasteiger partial charge on any atom is 0.319 e. The average molecular weight is 376 g/mol. The second-order valence-corrected chi connectivity index (χ2v) is 6.43. The summed E-state index contributed by atoms with van der Waals surface area (Å²) in [6, 6.07) is 24.1. The van der Waals surface area contributed by atoms with Crippen molar-refractivity contribution >= 4 is 11.7 Å². The Morgan fingerprint density at radius 1 is 1.00 bits per heavy atom. The van der Waals surface area contributed by atoms with Crippen LogP contribution in [0.3, 0.4) is 0 Å². The van der Waals surface area contributed by atoms with E-state index in [-0.39, 0.29) is 12.6 Å². The Labute approximate surface area is 165 Å². The van der Waals surface area contributed by atoms with E-state index in [1.165, 1.54) is 0 Å². The minimum absolute atomic E-state index is 0.181. The van der Waals surface area contributed by atoms with Crippen LogP contribution in [0.1, 0.15) is 22.7 Å². The Kier molecular flexibility index (Phi) is 6.65.